The van der Waals surface area contributed by atoms with E-state index in [4.69, 9.17) is 14.3 Å². The van der Waals surface area contributed by atoms with E-state index in [0.717, 1.165) is 9.76 Å². The van der Waals surface area contributed by atoms with Gasteiger partial charge in [-0.1, -0.05) is 0 Å². The van der Waals surface area contributed by atoms with Crippen LogP contribution in [0.15, 0.2) is 24.2 Å². The van der Waals surface area contributed by atoms with Gasteiger partial charge in [-0.25, -0.2) is 0 Å². The third-order valence-corrected chi connectivity index (χ3v) is 2.59. The maximum atomic E-state index is 9.07. The van der Waals surface area contributed by atoms with Gasteiger partial charge in [-0.05, 0) is 12.2 Å². The standard InChI is InChI=1S/C5H10O3Si2/c6-5-4(8-10-9)2-1-3-7-5/h1-3,5-6H,10H2,9H3. The summed E-state index contributed by atoms with van der Waals surface area (Å²) in [7, 11) is 0.733. The normalized spacial score (nSPS) is 24.9. The van der Waals surface area contributed by atoms with Crippen LogP contribution in [0, 0.1) is 0 Å². The van der Waals surface area contributed by atoms with Gasteiger partial charge in [0.25, 0.3) is 6.29 Å². The largest absolute Gasteiger partial charge is 0.552 e. The Labute approximate surface area is 64.5 Å². The number of aliphatic hydroxyl groups excluding tert-OH is 1. The lowest BCUT2D eigenvalue weighted by atomic mass is 10.4. The van der Waals surface area contributed by atoms with Crippen molar-refractivity contribution in [3.63, 3.8) is 0 Å². The smallest absolute Gasteiger partial charge is 0.253 e. The predicted molar refractivity (Wildman–Crippen MR) is 43.9 cm³/mol. The Morgan fingerprint density at radius 3 is 3.20 bits per heavy atom. The molecule has 0 fully saturated rings. The molecule has 1 unspecified atom stereocenters. The maximum Gasteiger partial charge on any atom is 0.253 e. The molecule has 0 saturated heterocycles. The third kappa shape index (κ3) is 1.73. The molecule has 0 bridgehead atoms. The lowest BCUT2D eigenvalue weighted by Crippen LogP contribution is -2.18. The summed E-state index contributed by atoms with van der Waals surface area (Å²) in [6.07, 6.45) is 4.03. The monoisotopic (exact) mass is 174 g/mol. The molecule has 0 spiro atoms. The molecule has 0 saturated carbocycles. The van der Waals surface area contributed by atoms with Crippen LogP contribution in [0.25, 0.3) is 0 Å². The molecule has 3 nitrogen and oxygen atoms in total. The molecule has 0 amide bonds. The fourth-order valence-corrected chi connectivity index (χ4v) is 2.26. The molecular weight excluding hydrogens is 164 g/mol. The van der Waals surface area contributed by atoms with Gasteiger partial charge in [-0.15, -0.1) is 0 Å². The first-order valence-corrected chi connectivity index (χ1v) is 9.41. The second kappa shape index (κ2) is 3.60. The Morgan fingerprint density at radius 1 is 1.80 bits per heavy atom. The second-order valence-corrected chi connectivity index (χ2v) is 4.42. The van der Waals surface area contributed by atoms with Crippen molar-refractivity contribution >= 4 is 19.0 Å². The molecule has 1 aliphatic heterocycles. The summed E-state index contributed by atoms with van der Waals surface area (Å²) in [6, 6.07) is 0. The Bertz CT molecular complexity index is 166. The highest BCUT2D eigenvalue weighted by molar-refractivity contribution is 6.85. The van der Waals surface area contributed by atoms with E-state index in [1.165, 1.54) is 6.26 Å². The van der Waals surface area contributed by atoms with E-state index in [2.05, 4.69) is 0 Å². The number of hydrogen-bond donors (Lipinski definition) is 1. The molecule has 1 atom stereocenters. The van der Waals surface area contributed by atoms with Gasteiger partial charge in [-0.3, -0.25) is 0 Å². The van der Waals surface area contributed by atoms with Gasteiger partial charge >= 0.3 is 0 Å². The van der Waals surface area contributed by atoms with Crippen molar-refractivity contribution in [3.8, 4) is 0 Å². The van der Waals surface area contributed by atoms with E-state index in [-0.39, 0.29) is 9.28 Å². The zero-order chi connectivity index (χ0) is 7.40. The van der Waals surface area contributed by atoms with Crippen LogP contribution in [-0.4, -0.2) is 30.4 Å². The Hall–Kier alpha value is -0.526. The fraction of sp³-hybridized carbons (Fsp3) is 0.200. The van der Waals surface area contributed by atoms with Gasteiger partial charge < -0.3 is 14.3 Å². The molecule has 1 rings (SSSR count). The first-order chi connectivity index (χ1) is 4.84. The van der Waals surface area contributed by atoms with Crippen molar-refractivity contribution in [1.82, 2.24) is 0 Å². The maximum absolute atomic E-state index is 9.07. The van der Waals surface area contributed by atoms with E-state index in [0.29, 0.717) is 5.76 Å². The van der Waals surface area contributed by atoms with Crippen LogP contribution in [0.5, 0.6) is 0 Å². The third-order valence-electron chi connectivity index (χ3n) is 1.10. The van der Waals surface area contributed by atoms with E-state index in [9.17, 15) is 0 Å². The molecule has 10 heavy (non-hydrogen) atoms. The Balaban J connectivity index is 2.52. The summed E-state index contributed by atoms with van der Waals surface area (Å²) in [4.78, 5) is 0. The van der Waals surface area contributed by atoms with Gasteiger partial charge in [0.15, 0.2) is 9.28 Å². The summed E-state index contributed by atoms with van der Waals surface area (Å²) in [5.41, 5.74) is 0. The fourth-order valence-electron chi connectivity index (χ4n) is 0.689. The van der Waals surface area contributed by atoms with Gasteiger partial charge in [-0.2, -0.15) is 0 Å². The molecule has 56 valence electrons. The topological polar surface area (TPSA) is 38.7 Å². The summed E-state index contributed by atoms with van der Waals surface area (Å²) in [5, 5.41) is 9.07. The Morgan fingerprint density at radius 2 is 2.60 bits per heavy atom. The zero-order valence-corrected chi connectivity index (χ0v) is 9.19. The SMILES string of the molecule is OC1OC=CC=C1O[SiH2][SiH3]. The van der Waals surface area contributed by atoms with Crippen molar-refractivity contribution in [2.45, 2.75) is 6.29 Å². The molecule has 0 aromatic rings. The first kappa shape index (κ1) is 7.58. The number of rotatable bonds is 2. The summed E-state index contributed by atoms with van der Waals surface area (Å²) < 4.78 is 9.99. The van der Waals surface area contributed by atoms with Crippen molar-refractivity contribution in [2.24, 2.45) is 0 Å². The second-order valence-electron chi connectivity index (χ2n) is 1.82. The van der Waals surface area contributed by atoms with Crippen molar-refractivity contribution < 1.29 is 14.3 Å². The minimum Gasteiger partial charge on any atom is -0.552 e. The van der Waals surface area contributed by atoms with Crippen LogP contribution in [0.1, 0.15) is 0 Å². The minimum absolute atomic E-state index is 0.366. The summed E-state index contributed by atoms with van der Waals surface area (Å²) in [6.45, 7) is 0. The van der Waals surface area contributed by atoms with Gasteiger partial charge in [0.2, 0.25) is 0 Å². The van der Waals surface area contributed by atoms with Crippen LogP contribution in [-0.2, 0) is 9.16 Å². The molecule has 1 heterocycles. The molecule has 0 aromatic heterocycles. The lowest BCUT2D eigenvalue weighted by molar-refractivity contribution is -0.0460. The highest BCUT2D eigenvalue weighted by Gasteiger charge is 2.12. The molecule has 0 aliphatic carbocycles. The summed E-state index contributed by atoms with van der Waals surface area (Å²) in [5.74, 6) is 0.559. The van der Waals surface area contributed by atoms with Crippen LogP contribution in [0.4, 0.5) is 0 Å². The molecule has 0 aromatic carbocycles. The van der Waals surface area contributed by atoms with Crippen LogP contribution < -0.4 is 0 Å². The van der Waals surface area contributed by atoms with Crippen LogP contribution in [0.3, 0.4) is 0 Å². The molecule has 1 aliphatic rings. The number of hydrogen-bond acceptors (Lipinski definition) is 3. The van der Waals surface area contributed by atoms with E-state index < -0.39 is 6.29 Å². The average Bonchev–Trinajstić information content (AvgIpc) is 1.94. The number of allylic oxidation sites excluding steroid dienone is 2. The molecule has 0 radical (unpaired) electrons. The minimum atomic E-state index is -0.869. The van der Waals surface area contributed by atoms with E-state index in [1.807, 2.05) is 0 Å². The molecular formula is C5H10O3Si2. The lowest BCUT2D eigenvalue weighted by Gasteiger charge is -2.17. The zero-order valence-electron chi connectivity index (χ0n) is 5.78. The van der Waals surface area contributed by atoms with Crippen molar-refractivity contribution in [2.75, 3.05) is 0 Å². The van der Waals surface area contributed by atoms with E-state index >= 15 is 0 Å². The van der Waals surface area contributed by atoms with Gasteiger partial charge in [0.05, 0.1) is 6.26 Å². The quantitative estimate of drug-likeness (QED) is 0.498. The van der Waals surface area contributed by atoms with Crippen LogP contribution in [0.2, 0.25) is 0 Å². The van der Waals surface area contributed by atoms with Crippen molar-refractivity contribution in [1.29, 1.82) is 0 Å². The van der Waals surface area contributed by atoms with Gasteiger partial charge in [0, 0.05) is 9.76 Å². The summed E-state index contributed by atoms with van der Waals surface area (Å²) >= 11 is 0. The average molecular weight is 174 g/mol. The predicted octanol–water partition coefficient (Wildman–Crippen LogP) is -1.89. The van der Waals surface area contributed by atoms with Crippen molar-refractivity contribution in [3.05, 3.63) is 24.2 Å². The Kier molecular flexibility index (Phi) is 2.73. The van der Waals surface area contributed by atoms with Gasteiger partial charge in [0.1, 0.15) is 5.76 Å². The van der Waals surface area contributed by atoms with E-state index in [1.54, 1.807) is 12.2 Å². The van der Waals surface area contributed by atoms with Crippen LogP contribution >= 0.6 is 0 Å². The highest BCUT2D eigenvalue weighted by Crippen LogP contribution is 2.09. The highest BCUT2D eigenvalue weighted by atomic mass is 29.1. The molecule has 1 N–H and O–H groups in total. The molecule has 5 heteroatoms. The first-order valence-electron chi connectivity index (χ1n) is 3.17. The number of aliphatic hydroxyl groups is 1. The number of ether oxygens (including phenoxy) is 1.